The summed E-state index contributed by atoms with van der Waals surface area (Å²) in [6.07, 6.45) is 4.48. The molecular weight excluding hydrogens is 400 g/mol. The summed E-state index contributed by atoms with van der Waals surface area (Å²) in [7, 11) is 1.76. The zero-order valence-corrected chi connectivity index (χ0v) is 17.4. The van der Waals surface area contributed by atoms with Crippen molar-refractivity contribution in [2.45, 2.75) is 19.9 Å². The van der Waals surface area contributed by atoms with Gasteiger partial charge in [-0.05, 0) is 54.8 Å². The number of pyridine rings is 1. The van der Waals surface area contributed by atoms with Crippen LogP contribution in [0.3, 0.4) is 0 Å². The molecule has 0 atom stereocenters. The molecule has 0 spiro atoms. The quantitative estimate of drug-likeness (QED) is 0.673. The first kappa shape index (κ1) is 20.9. The molecule has 0 bridgehead atoms. The van der Waals surface area contributed by atoms with Gasteiger partial charge in [-0.1, -0.05) is 11.6 Å². The molecule has 0 unspecified atom stereocenters. The highest BCUT2D eigenvalue weighted by Gasteiger charge is 2.23. The van der Waals surface area contributed by atoms with Crippen molar-refractivity contribution in [1.82, 2.24) is 19.7 Å². The summed E-state index contributed by atoms with van der Waals surface area (Å²) in [5, 5.41) is 6.58. The molecule has 0 fully saturated rings. The van der Waals surface area contributed by atoms with Crippen LogP contribution >= 0.6 is 0 Å². The van der Waals surface area contributed by atoms with Crippen LogP contribution in [0.15, 0.2) is 54.4 Å². The van der Waals surface area contributed by atoms with Gasteiger partial charge in [0.1, 0.15) is 17.3 Å². The van der Waals surface area contributed by atoms with Crippen molar-refractivity contribution in [2.24, 2.45) is 7.05 Å². The number of aromatic nitrogens is 3. The van der Waals surface area contributed by atoms with Gasteiger partial charge in [0, 0.05) is 39.1 Å². The molecule has 0 radical (unpaired) electrons. The van der Waals surface area contributed by atoms with Crippen molar-refractivity contribution in [3.05, 3.63) is 83.0 Å². The fourth-order valence-corrected chi connectivity index (χ4v) is 3.75. The van der Waals surface area contributed by atoms with E-state index < -0.39 is 23.2 Å². The molecule has 1 aromatic carbocycles. The number of carbonyl (C=O) groups is 1. The Bertz CT molecular complexity index is 1120. The molecule has 1 N–H and O–H groups in total. The van der Waals surface area contributed by atoms with Crippen molar-refractivity contribution >= 4 is 17.2 Å². The molecule has 160 valence electrons. The Morgan fingerprint density at radius 2 is 1.87 bits per heavy atom. The predicted octanol–water partition coefficient (Wildman–Crippen LogP) is 4.03. The van der Waals surface area contributed by atoms with E-state index in [-0.39, 0.29) is 5.69 Å². The van der Waals surface area contributed by atoms with Crippen LogP contribution in [0.2, 0.25) is 0 Å². The largest absolute Gasteiger partial charge is 0.316 e. The Balaban J connectivity index is 1.54. The number of benzene rings is 1. The lowest BCUT2D eigenvalue weighted by atomic mass is 9.98. The zero-order chi connectivity index (χ0) is 22.0. The van der Waals surface area contributed by atoms with Gasteiger partial charge in [-0.3, -0.25) is 19.4 Å². The number of carbonyl (C=O) groups excluding carboxylic acids is 1. The number of halogens is 2. The summed E-state index contributed by atoms with van der Waals surface area (Å²) in [6.45, 7) is 4.55. The molecule has 6 nitrogen and oxygen atoms in total. The average molecular weight is 423 g/mol. The summed E-state index contributed by atoms with van der Waals surface area (Å²) in [5.74, 6) is -2.32. The normalized spacial score (nSPS) is 14.7. The SMILES string of the molecule is CC1=C(c2cc(C(=O)Nc3c(F)cccc3F)nn2C)CN(Cc2ccncc2)CC1. The van der Waals surface area contributed by atoms with E-state index in [1.54, 1.807) is 30.2 Å². The van der Waals surface area contributed by atoms with Gasteiger partial charge >= 0.3 is 0 Å². The van der Waals surface area contributed by atoms with Crippen LogP contribution < -0.4 is 5.32 Å². The van der Waals surface area contributed by atoms with Crippen molar-refractivity contribution in [3.8, 4) is 0 Å². The minimum Gasteiger partial charge on any atom is -0.316 e. The number of anilines is 1. The van der Waals surface area contributed by atoms with Gasteiger partial charge in [0.25, 0.3) is 5.91 Å². The van der Waals surface area contributed by atoms with E-state index in [1.807, 2.05) is 12.1 Å². The predicted molar refractivity (Wildman–Crippen MR) is 114 cm³/mol. The third-order valence-corrected chi connectivity index (χ3v) is 5.48. The Morgan fingerprint density at radius 3 is 2.58 bits per heavy atom. The average Bonchev–Trinajstić information content (AvgIpc) is 3.14. The molecule has 0 saturated carbocycles. The van der Waals surface area contributed by atoms with Crippen LogP contribution in [0, 0.1) is 11.6 Å². The maximum absolute atomic E-state index is 13.9. The smallest absolute Gasteiger partial charge is 0.276 e. The lowest BCUT2D eigenvalue weighted by molar-refractivity contribution is 0.102. The highest BCUT2D eigenvalue weighted by atomic mass is 19.1. The second kappa shape index (κ2) is 8.77. The number of hydrogen-bond donors (Lipinski definition) is 1. The molecule has 31 heavy (non-hydrogen) atoms. The number of amides is 1. The van der Waals surface area contributed by atoms with E-state index in [9.17, 15) is 13.6 Å². The number of aryl methyl sites for hydroxylation is 1. The topological polar surface area (TPSA) is 63.1 Å². The lowest BCUT2D eigenvalue weighted by Crippen LogP contribution is -2.31. The Morgan fingerprint density at radius 1 is 1.16 bits per heavy atom. The van der Waals surface area contributed by atoms with E-state index in [1.165, 1.54) is 17.2 Å². The standard InChI is InChI=1S/C23H23F2N5O/c1-15-8-11-30(13-16-6-9-26-10-7-16)14-17(15)21-12-20(28-29(21)2)23(31)27-22-18(24)4-3-5-19(22)25/h3-7,9-10,12H,8,11,13-14H2,1-2H3,(H,27,31). The van der Waals surface area contributed by atoms with E-state index in [2.05, 4.69) is 27.2 Å². The maximum atomic E-state index is 13.9. The van der Waals surface area contributed by atoms with Crippen molar-refractivity contribution < 1.29 is 13.6 Å². The van der Waals surface area contributed by atoms with E-state index in [0.717, 1.165) is 49.5 Å². The summed E-state index contributed by atoms with van der Waals surface area (Å²) in [5.41, 5.74) is 3.97. The van der Waals surface area contributed by atoms with Gasteiger partial charge in [0.2, 0.25) is 0 Å². The van der Waals surface area contributed by atoms with Gasteiger partial charge in [-0.25, -0.2) is 8.78 Å². The molecule has 8 heteroatoms. The summed E-state index contributed by atoms with van der Waals surface area (Å²) in [4.78, 5) is 19.0. The molecule has 3 aromatic rings. The molecule has 4 rings (SSSR count). The number of hydrogen-bond acceptors (Lipinski definition) is 4. The van der Waals surface area contributed by atoms with Crippen LogP contribution in [-0.4, -0.2) is 38.7 Å². The number of para-hydroxylation sites is 1. The first-order chi connectivity index (χ1) is 14.9. The van der Waals surface area contributed by atoms with E-state index in [0.29, 0.717) is 0 Å². The second-order valence-corrected chi connectivity index (χ2v) is 7.66. The third kappa shape index (κ3) is 4.54. The fourth-order valence-electron chi connectivity index (χ4n) is 3.75. The van der Waals surface area contributed by atoms with Crippen molar-refractivity contribution in [2.75, 3.05) is 18.4 Å². The van der Waals surface area contributed by atoms with Crippen LogP contribution in [0.25, 0.3) is 5.57 Å². The molecule has 2 aromatic heterocycles. The maximum Gasteiger partial charge on any atom is 0.276 e. The third-order valence-electron chi connectivity index (χ3n) is 5.48. The molecule has 0 aliphatic carbocycles. The summed E-state index contributed by atoms with van der Waals surface area (Å²) < 4.78 is 29.4. The van der Waals surface area contributed by atoms with Gasteiger partial charge in [0.15, 0.2) is 5.69 Å². The Labute approximate surface area is 179 Å². The highest BCUT2D eigenvalue weighted by molar-refractivity contribution is 6.03. The number of rotatable bonds is 5. The number of nitrogens with zero attached hydrogens (tertiary/aromatic N) is 4. The minimum absolute atomic E-state index is 0.103. The van der Waals surface area contributed by atoms with E-state index in [4.69, 9.17) is 0 Å². The lowest BCUT2D eigenvalue weighted by Gasteiger charge is -2.30. The monoisotopic (exact) mass is 423 g/mol. The van der Waals surface area contributed by atoms with E-state index >= 15 is 0 Å². The van der Waals surface area contributed by atoms with Gasteiger partial charge < -0.3 is 5.32 Å². The first-order valence-corrected chi connectivity index (χ1v) is 10.0. The minimum atomic E-state index is -0.831. The zero-order valence-electron chi connectivity index (χ0n) is 17.4. The molecule has 1 aliphatic rings. The molecule has 1 amide bonds. The second-order valence-electron chi connectivity index (χ2n) is 7.66. The fraction of sp³-hybridized carbons (Fsp3) is 0.261. The molecular formula is C23H23F2N5O. The first-order valence-electron chi connectivity index (χ1n) is 10.0. The van der Waals surface area contributed by atoms with Crippen LogP contribution in [0.4, 0.5) is 14.5 Å². The van der Waals surface area contributed by atoms with Crippen LogP contribution in [0.5, 0.6) is 0 Å². The Hall–Kier alpha value is -3.39. The highest BCUT2D eigenvalue weighted by Crippen LogP contribution is 2.28. The summed E-state index contributed by atoms with van der Waals surface area (Å²) in [6, 6.07) is 9.10. The number of nitrogens with one attached hydrogen (secondary N) is 1. The van der Waals surface area contributed by atoms with Gasteiger partial charge in [-0.2, -0.15) is 5.10 Å². The van der Waals surface area contributed by atoms with Crippen LogP contribution in [0.1, 0.15) is 35.1 Å². The summed E-state index contributed by atoms with van der Waals surface area (Å²) >= 11 is 0. The van der Waals surface area contributed by atoms with Gasteiger partial charge in [0.05, 0.1) is 5.69 Å². The van der Waals surface area contributed by atoms with Gasteiger partial charge in [-0.15, -0.1) is 0 Å². The molecule has 0 saturated heterocycles. The van der Waals surface area contributed by atoms with Crippen molar-refractivity contribution in [3.63, 3.8) is 0 Å². The van der Waals surface area contributed by atoms with Crippen molar-refractivity contribution in [1.29, 1.82) is 0 Å². The van der Waals surface area contributed by atoms with Crippen LogP contribution in [-0.2, 0) is 13.6 Å². The Kier molecular flexibility index (Phi) is 5.90. The molecule has 1 aliphatic heterocycles. The molecule has 3 heterocycles.